The van der Waals surface area contributed by atoms with Crippen molar-refractivity contribution in [2.75, 3.05) is 7.11 Å². The maximum Gasteiger partial charge on any atom is 0.298 e. The van der Waals surface area contributed by atoms with E-state index in [1.165, 1.54) is 0 Å². The van der Waals surface area contributed by atoms with E-state index >= 15 is 0 Å². The summed E-state index contributed by atoms with van der Waals surface area (Å²) in [6, 6.07) is 13.2. The molecule has 0 aliphatic heterocycles. The van der Waals surface area contributed by atoms with Gasteiger partial charge >= 0.3 is 0 Å². The van der Waals surface area contributed by atoms with Gasteiger partial charge in [0, 0.05) is 22.9 Å². The lowest BCUT2D eigenvalue weighted by Gasteiger charge is -2.08. The molecule has 3 rings (SSSR count). The predicted octanol–water partition coefficient (Wildman–Crippen LogP) is 2.93. The number of pyridine rings is 1. The zero-order valence-corrected chi connectivity index (χ0v) is 10.3. The number of hydrogen-bond donors (Lipinski definition) is 0. The number of carbonyl (C=O) groups excluding carboxylic acids is 1. The normalized spacial score (nSPS) is 10.6. The molecule has 0 fully saturated rings. The lowest BCUT2D eigenvalue weighted by Crippen LogP contribution is -1.93. The highest BCUT2D eigenvalue weighted by Crippen LogP contribution is 2.32. The molecule has 0 saturated heterocycles. The molecule has 4 heteroatoms. The highest BCUT2D eigenvalue weighted by atomic mass is 16.5. The van der Waals surface area contributed by atoms with Crippen LogP contribution in [0.25, 0.3) is 21.8 Å². The maximum absolute atomic E-state index is 10.6. The van der Waals surface area contributed by atoms with Gasteiger partial charge in [-0.15, -0.1) is 0 Å². The number of rotatable bonds is 3. The van der Waals surface area contributed by atoms with Crippen LogP contribution in [0.4, 0.5) is 0 Å². The van der Waals surface area contributed by atoms with Crippen LogP contribution in [-0.4, -0.2) is 18.6 Å². The van der Waals surface area contributed by atoms with Crippen molar-refractivity contribution in [1.29, 1.82) is 0 Å². The smallest absolute Gasteiger partial charge is 0.298 e. The van der Waals surface area contributed by atoms with Crippen molar-refractivity contribution in [2.45, 2.75) is 0 Å². The van der Waals surface area contributed by atoms with Gasteiger partial charge in [-0.2, -0.15) is 0 Å². The zero-order chi connectivity index (χ0) is 13.2. The van der Waals surface area contributed by atoms with Crippen LogP contribution in [0.15, 0.2) is 42.5 Å². The largest absolute Gasteiger partial charge is 0.497 e. The van der Waals surface area contributed by atoms with E-state index in [1.807, 2.05) is 36.4 Å². The van der Waals surface area contributed by atoms with Gasteiger partial charge in [0.15, 0.2) is 0 Å². The monoisotopic (exact) mass is 253 g/mol. The molecule has 0 aliphatic carbocycles. The van der Waals surface area contributed by atoms with Crippen molar-refractivity contribution in [3.05, 3.63) is 42.5 Å². The van der Waals surface area contributed by atoms with Crippen LogP contribution in [0.1, 0.15) is 0 Å². The summed E-state index contributed by atoms with van der Waals surface area (Å²) in [5, 5.41) is 1.78. The lowest BCUT2D eigenvalue weighted by molar-refractivity contribution is -0.120. The number of para-hydroxylation sites is 1. The van der Waals surface area contributed by atoms with E-state index in [0.29, 0.717) is 18.0 Å². The molecular weight excluding hydrogens is 242 g/mol. The fourth-order valence-electron chi connectivity index (χ4n) is 2.09. The Hall–Kier alpha value is -2.62. The number of benzene rings is 2. The Morgan fingerprint density at radius 1 is 1.11 bits per heavy atom. The van der Waals surface area contributed by atoms with E-state index in [1.54, 1.807) is 13.2 Å². The van der Waals surface area contributed by atoms with Crippen molar-refractivity contribution in [2.24, 2.45) is 0 Å². The first-order chi connectivity index (χ1) is 9.31. The molecule has 1 aromatic heterocycles. The highest BCUT2D eigenvalue weighted by molar-refractivity contribution is 5.97. The summed E-state index contributed by atoms with van der Waals surface area (Å²) in [5.74, 6) is 1.05. The van der Waals surface area contributed by atoms with Gasteiger partial charge in [0.2, 0.25) is 0 Å². The van der Waals surface area contributed by atoms with Gasteiger partial charge in [-0.05, 0) is 12.1 Å². The number of methoxy groups -OCH3 is 1. The number of hydrogen-bond acceptors (Lipinski definition) is 4. The highest BCUT2D eigenvalue weighted by Gasteiger charge is 2.08. The SMILES string of the molecule is COc1cc(OC=O)c2cc3ccccc3nc2c1. The van der Waals surface area contributed by atoms with Crippen molar-refractivity contribution in [1.82, 2.24) is 4.98 Å². The Morgan fingerprint density at radius 2 is 1.95 bits per heavy atom. The zero-order valence-electron chi connectivity index (χ0n) is 10.3. The van der Waals surface area contributed by atoms with Crippen LogP contribution < -0.4 is 9.47 Å². The van der Waals surface area contributed by atoms with Crippen LogP contribution in [-0.2, 0) is 4.79 Å². The minimum absolute atomic E-state index is 0.406. The fourth-order valence-corrected chi connectivity index (χ4v) is 2.09. The van der Waals surface area contributed by atoms with E-state index in [4.69, 9.17) is 9.47 Å². The fraction of sp³-hybridized carbons (Fsp3) is 0.0667. The second-order valence-electron chi connectivity index (χ2n) is 4.09. The summed E-state index contributed by atoms with van der Waals surface area (Å²) in [6.45, 7) is 0.406. The lowest BCUT2D eigenvalue weighted by atomic mass is 10.1. The first kappa shape index (κ1) is 11.5. The Balaban J connectivity index is 2.37. The molecular formula is C15H11NO3. The molecule has 0 spiro atoms. The number of carbonyl (C=O) groups is 1. The van der Waals surface area contributed by atoms with Gasteiger partial charge in [0.25, 0.3) is 6.47 Å². The first-order valence-electron chi connectivity index (χ1n) is 5.79. The maximum atomic E-state index is 10.6. The third kappa shape index (κ3) is 1.97. The molecule has 0 saturated carbocycles. The average Bonchev–Trinajstić information content (AvgIpc) is 2.45. The molecule has 2 aromatic carbocycles. The van der Waals surface area contributed by atoms with E-state index in [-0.39, 0.29) is 0 Å². The van der Waals surface area contributed by atoms with Crippen LogP contribution in [0.5, 0.6) is 11.5 Å². The third-order valence-corrected chi connectivity index (χ3v) is 2.98. The van der Waals surface area contributed by atoms with E-state index in [0.717, 1.165) is 21.8 Å². The molecule has 94 valence electrons. The van der Waals surface area contributed by atoms with Crippen LogP contribution in [0, 0.1) is 0 Å². The number of aromatic nitrogens is 1. The number of nitrogens with zero attached hydrogens (tertiary/aromatic N) is 1. The Kier molecular flexibility index (Phi) is 2.76. The second-order valence-corrected chi connectivity index (χ2v) is 4.09. The third-order valence-electron chi connectivity index (χ3n) is 2.98. The minimum Gasteiger partial charge on any atom is -0.497 e. The summed E-state index contributed by atoms with van der Waals surface area (Å²) in [4.78, 5) is 15.2. The number of ether oxygens (including phenoxy) is 2. The van der Waals surface area contributed by atoms with Crippen LogP contribution >= 0.6 is 0 Å². The van der Waals surface area contributed by atoms with Crippen molar-refractivity contribution < 1.29 is 14.3 Å². The molecule has 19 heavy (non-hydrogen) atoms. The molecule has 0 amide bonds. The van der Waals surface area contributed by atoms with Gasteiger partial charge in [-0.1, -0.05) is 18.2 Å². The van der Waals surface area contributed by atoms with Gasteiger partial charge in [0.05, 0.1) is 18.1 Å². The van der Waals surface area contributed by atoms with E-state index in [9.17, 15) is 4.79 Å². The van der Waals surface area contributed by atoms with Gasteiger partial charge in [-0.3, -0.25) is 4.79 Å². The van der Waals surface area contributed by atoms with E-state index < -0.39 is 0 Å². The summed E-state index contributed by atoms with van der Waals surface area (Å²) >= 11 is 0. The van der Waals surface area contributed by atoms with Gasteiger partial charge in [0.1, 0.15) is 11.5 Å². The van der Waals surface area contributed by atoms with Crippen molar-refractivity contribution in [3.63, 3.8) is 0 Å². The molecule has 0 aliphatic rings. The van der Waals surface area contributed by atoms with Crippen molar-refractivity contribution in [3.8, 4) is 11.5 Å². The molecule has 0 radical (unpaired) electrons. The van der Waals surface area contributed by atoms with Gasteiger partial charge < -0.3 is 9.47 Å². The molecule has 1 heterocycles. The molecule has 0 bridgehead atoms. The molecule has 0 N–H and O–H groups in total. The van der Waals surface area contributed by atoms with Crippen LogP contribution in [0.3, 0.4) is 0 Å². The number of fused-ring (bicyclic) bond motifs is 2. The minimum atomic E-state index is 0.406. The predicted molar refractivity (Wildman–Crippen MR) is 72.5 cm³/mol. The van der Waals surface area contributed by atoms with Crippen molar-refractivity contribution >= 4 is 28.3 Å². The van der Waals surface area contributed by atoms with Crippen LogP contribution in [0.2, 0.25) is 0 Å². The Morgan fingerprint density at radius 3 is 2.74 bits per heavy atom. The summed E-state index contributed by atoms with van der Waals surface area (Å²) in [5.41, 5.74) is 1.62. The second kappa shape index (κ2) is 4.57. The molecule has 0 unspecified atom stereocenters. The Bertz CT molecular complexity index is 768. The first-order valence-corrected chi connectivity index (χ1v) is 5.79. The molecule has 3 aromatic rings. The molecule has 0 atom stereocenters. The van der Waals surface area contributed by atoms with E-state index in [2.05, 4.69) is 4.98 Å². The topological polar surface area (TPSA) is 48.4 Å². The van der Waals surface area contributed by atoms with Gasteiger partial charge in [-0.25, -0.2) is 4.98 Å². The Labute approximate surface area is 109 Å². The summed E-state index contributed by atoms with van der Waals surface area (Å²) in [7, 11) is 1.56. The average molecular weight is 253 g/mol. The standard InChI is InChI=1S/C15H11NO3/c1-18-11-7-14-12(15(8-11)19-9-17)6-10-4-2-3-5-13(10)16-14/h2-9H,1H3. The summed E-state index contributed by atoms with van der Waals surface area (Å²) < 4.78 is 10.2. The molecule has 4 nitrogen and oxygen atoms in total. The summed E-state index contributed by atoms with van der Waals surface area (Å²) in [6.07, 6.45) is 0. The quantitative estimate of drug-likeness (QED) is 0.532.